The van der Waals surface area contributed by atoms with Crippen LogP contribution in [-0.2, 0) is 23.8 Å². The van der Waals surface area contributed by atoms with Gasteiger partial charge < -0.3 is 18.9 Å². The van der Waals surface area contributed by atoms with E-state index in [2.05, 4.69) is 17.4 Å². The summed E-state index contributed by atoms with van der Waals surface area (Å²) in [6.07, 6.45) is 10.1. The fourth-order valence-corrected chi connectivity index (χ4v) is 4.79. The highest BCUT2D eigenvalue weighted by Crippen LogP contribution is 2.39. The molecule has 1 N–H and O–H groups in total. The van der Waals surface area contributed by atoms with Crippen LogP contribution in [0, 0.1) is 0 Å². The molecule has 0 saturated carbocycles. The summed E-state index contributed by atoms with van der Waals surface area (Å²) in [7, 11) is 0. The van der Waals surface area contributed by atoms with Crippen LogP contribution in [0.4, 0.5) is 10.5 Å². The minimum absolute atomic E-state index is 0.379. The van der Waals surface area contributed by atoms with E-state index in [9.17, 15) is 4.79 Å². The molecule has 2 saturated heterocycles. The maximum atomic E-state index is 12.1. The van der Waals surface area contributed by atoms with Gasteiger partial charge >= 0.3 is 6.09 Å². The number of oxime groups is 1. The highest BCUT2D eigenvalue weighted by Gasteiger charge is 2.56. The minimum Gasteiger partial charge on any atom is -0.350 e. The van der Waals surface area contributed by atoms with Gasteiger partial charge in [0.1, 0.15) is 18.3 Å². The molecule has 37 heavy (non-hydrogen) atoms. The molecule has 9 heteroatoms. The molecule has 208 valence electrons. The van der Waals surface area contributed by atoms with Crippen molar-refractivity contribution in [2.75, 3.05) is 11.9 Å². The normalized spacial score (nSPS) is 24.7. The first-order chi connectivity index (χ1) is 17.8. The van der Waals surface area contributed by atoms with Crippen LogP contribution in [0.5, 0.6) is 0 Å². The Labute approximate surface area is 226 Å². The zero-order valence-electron chi connectivity index (χ0n) is 22.7. The molecule has 0 spiro atoms. The maximum Gasteiger partial charge on any atom is 0.437 e. The minimum atomic E-state index is -0.761. The second-order valence-electron chi connectivity index (χ2n) is 10.3. The number of unbranched alkanes of at least 4 members (excludes halogenated alkanes) is 9. The molecule has 1 aromatic rings. The number of nitrogens with one attached hydrogen (secondary N) is 1. The van der Waals surface area contributed by atoms with Crippen LogP contribution >= 0.6 is 11.6 Å². The molecule has 0 aromatic heterocycles. The molecule has 3 rings (SSSR count). The fraction of sp³-hybridized carbons (Fsp3) is 0.714. The molecule has 8 nitrogen and oxygen atoms in total. The predicted octanol–water partition coefficient (Wildman–Crippen LogP) is 7.45. The van der Waals surface area contributed by atoms with E-state index in [-0.39, 0.29) is 6.10 Å². The molecule has 2 aliphatic rings. The van der Waals surface area contributed by atoms with Gasteiger partial charge in [-0.1, -0.05) is 81.5 Å². The molecule has 0 unspecified atom stereocenters. The summed E-state index contributed by atoms with van der Waals surface area (Å²) >= 11 is 5.87. The summed E-state index contributed by atoms with van der Waals surface area (Å²) < 4.78 is 24.3. The summed E-state index contributed by atoms with van der Waals surface area (Å²) in [4.78, 5) is 17.2. The number of rotatable bonds is 15. The molecule has 0 radical (unpaired) electrons. The lowest BCUT2D eigenvalue weighted by Crippen LogP contribution is -2.34. The number of hydrogen-bond acceptors (Lipinski definition) is 7. The Hall–Kier alpha value is -1.71. The van der Waals surface area contributed by atoms with Crippen LogP contribution in [0.3, 0.4) is 0 Å². The van der Waals surface area contributed by atoms with Crippen molar-refractivity contribution in [3.8, 4) is 0 Å². The average molecular weight is 539 g/mol. The van der Waals surface area contributed by atoms with Gasteiger partial charge in [0, 0.05) is 17.3 Å². The largest absolute Gasteiger partial charge is 0.437 e. The Morgan fingerprint density at radius 2 is 1.57 bits per heavy atom. The van der Waals surface area contributed by atoms with Crippen molar-refractivity contribution in [1.29, 1.82) is 0 Å². The van der Waals surface area contributed by atoms with Gasteiger partial charge in [0.25, 0.3) is 0 Å². The molecular weight excluding hydrogens is 496 g/mol. The number of fused-ring (bicyclic) bond motifs is 1. The first-order valence-corrected chi connectivity index (χ1v) is 14.1. The predicted molar refractivity (Wildman–Crippen MR) is 145 cm³/mol. The number of halogens is 1. The van der Waals surface area contributed by atoms with Crippen molar-refractivity contribution >= 4 is 29.1 Å². The summed E-state index contributed by atoms with van der Waals surface area (Å²) in [5, 5.41) is 7.16. The summed E-state index contributed by atoms with van der Waals surface area (Å²) in [6.45, 7) is 8.31. The Balaban J connectivity index is 1.41. The topological polar surface area (TPSA) is 87.6 Å². The third-order valence-corrected chi connectivity index (χ3v) is 6.82. The van der Waals surface area contributed by atoms with Gasteiger partial charge in [-0.2, -0.15) is 0 Å². The number of ether oxygens (including phenoxy) is 4. The van der Waals surface area contributed by atoms with Gasteiger partial charge in [0.2, 0.25) is 0 Å². The van der Waals surface area contributed by atoms with Crippen molar-refractivity contribution in [1.82, 2.24) is 0 Å². The van der Waals surface area contributed by atoms with Crippen molar-refractivity contribution in [3.05, 3.63) is 29.3 Å². The average Bonchev–Trinajstić information content (AvgIpc) is 3.35. The molecule has 4 atom stereocenters. The Morgan fingerprint density at radius 3 is 2.22 bits per heavy atom. The van der Waals surface area contributed by atoms with Crippen LogP contribution in [0.25, 0.3) is 0 Å². The fourth-order valence-electron chi connectivity index (χ4n) is 4.66. The van der Waals surface area contributed by atoms with Crippen LogP contribution < -0.4 is 5.32 Å². The smallest absolute Gasteiger partial charge is 0.350 e. The second-order valence-corrected chi connectivity index (χ2v) is 10.7. The standard InChI is InChI=1S/C28H43ClN2O6/c1-5-6-7-8-9-10-11-12-13-14-19-33-26-25-24(35-28(3,4)36-25)23(34-26)20(2)31-37-27(32)30-22-17-15-21(29)16-18-22/h15-18,23-26H,5-14,19H2,1-4H3,(H,30,32)/b31-20-/t23-,24+,25+,26+/m1/s1. The van der Waals surface area contributed by atoms with Crippen LogP contribution in [0.15, 0.2) is 29.4 Å². The van der Waals surface area contributed by atoms with Gasteiger partial charge in [0.05, 0.1) is 5.71 Å². The quantitative estimate of drug-likeness (QED) is 0.108. The highest BCUT2D eigenvalue weighted by molar-refractivity contribution is 6.30. The number of benzene rings is 1. The van der Waals surface area contributed by atoms with Crippen LogP contribution in [0.2, 0.25) is 5.02 Å². The lowest BCUT2D eigenvalue weighted by atomic mass is 10.1. The molecule has 2 fully saturated rings. The van der Waals surface area contributed by atoms with E-state index in [1.165, 1.54) is 51.4 Å². The molecule has 0 aliphatic carbocycles. The van der Waals surface area contributed by atoms with E-state index in [0.29, 0.717) is 23.0 Å². The summed E-state index contributed by atoms with van der Waals surface area (Å²) in [5.41, 5.74) is 1.02. The van der Waals surface area contributed by atoms with E-state index in [1.807, 2.05) is 13.8 Å². The van der Waals surface area contributed by atoms with Gasteiger partial charge in [-0.05, 0) is 51.5 Å². The third kappa shape index (κ3) is 9.84. The lowest BCUT2D eigenvalue weighted by molar-refractivity contribution is -0.226. The second kappa shape index (κ2) is 15.0. The van der Waals surface area contributed by atoms with Crippen molar-refractivity contribution < 1.29 is 28.6 Å². The summed E-state index contributed by atoms with van der Waals surface area (Å²) in [5.74, 6) is -0.761. The van der Waals surface area contributed by atoms with E-state index in [4.69, 9.17) is 35.4 Å². The Bertz CT molecular complexity index is 863. The molecular formula is C28H43ClN2O6. The zero-order valence-corrected chi connectivity index (χ0v) is 23.4. The van der Waals surface area contributed by atoms with Crippen LogP contribution in [-0.4, -0.2) is 48.8 Å². The molecule has 0 bridgehead atoms. The molecule has 2 heterocycles. The monoisotopic (exact) mass is 538 g/mol. The number of carbonyl (C=O) groups excluding carboxylic acids is 1. The number of nitrogens with zero attached hydrogens (tertiary/aromatic N) is 1. The Kier molecular flexibility index (Phi) is 12.1. The number of hydrogen-bond donors (Lipinski definition) is 1. The molecule has 2 aliphatic heterocycles. The first kappa shape index (κ1) is 29.8. The number of carbonyl (C=O) groups is 1. The number of anilines is 1. The highest BCUT2D eigenvalue weighted by atomic mass is 35.5. The first-order valence-electron chi connectivity index (χ1n) is 13.7. The molecule has 1 aromatic carbocycles. The van der Waals surface area contributed by atoms with Gasteiger partial charge in [-0.25, -0.2) is 4.79 Å². The zero-order chi connectivity index (χ0) is 26.7. The Morgan fingerprint density at radius 1 is 0.973 bits per heavy atom. The van der Waals surface area contributed by atoms with E-state index >= 15 is 0 Å². The van der Waals surface area contributed by atoms with Crippen molar-refractivity contribution in [2.45, 2.75) is 122 Å². The number of amides is 1. The van der Waals surface area contributed by atoms with E-state index in [0.717, 1.165) is 12.8 Å². The van der Waals surface area contributed by atoms with E-state index in [1.54, 1.807) is 31.2 Å². The summed E-state index contributed by atoms with van der Waals surface area (Å²) in [6, 6.07) is 6.70. The SMILES string of the molecule is CCCCCCCCCCCCO[C@H]1O[C@H](/C(C)=N\OC(=O)Nc2ccc(Cl)cc2)[C@@H]2OC(C)(C)O[C@H]12. The van der Waals surface area contributed by atoms with E-state index < -0.39 is 30.4 Å². The van der Waals surface area contributed by atoms with Gasteiger partial charge in [-0.15, -0.1) is 0 Å². The maximum absolute atomic E-state index is 12.1. The lowest BCUT2D eigenvalue weighted by Gasteiger charge is -2.24. The molecule has 1 amide bonds. The third-order valence-electron chi connectivity index (χ3n) is 6.57. The van der Waals surface area contributed by atoms with Crippen LogP contribution in [0.1, 0.15) is 91.9 Å². The van der Waals surface area contributed by atoms with Gasteiger partial charge in [0.15, 0.2) is 12.1 Å². The van der Waals surface area contributed by atoms with Gasteiger partial charge in [-0.3, -0.25) is 10.2 Å². The van der Waals surface area contributed by atoms with Crippen molar-refractivity contribution in [2.24, 2.45) is 5.16 Å². The van der Waals surface area contributed by atoms with Crippen molar-refractivity contribution in [3.63, 3.8) is 0 Å².